The molecule has 1 fully saturated rings. The maximum absolute atomic E-state index is 11.8. The monoisotopic (exact) mass is 371 g/mol. The second-order valence-corrected chi connectivity index (χ2v) is 6.63. The first-order chi connectivity index (χ1) is 13.0. The van der Waals surface area contributed by atoms with E-state index >= 15 is 0 Å². The van der Waals surface area contributed by atoms with Crippen molar-refractivity contribution in [2.24, 2.45) is 11.5 Å². The van der Waals surface area contributed by atoms with Crippen LogP contribution in [0.4, 0.5) is 17.3 Å². The summed E-state index contributed by atoms with van der Waals surface area (Å²) in [6, 6.07) is 3.70. The average molecular weight is 371 g/mol. The first kappa shape index (κ1) is 18.8. The highest BCUT2D eigenvalue weighted by molar-refractivity contribution is 5.96. The van der Waals surface area contributed by atoms with Crippen molar-refractivity contribution in [3.05, 3.63) is 30.2 Å². The van der Waals surface area contributed by atoms with Gasteiger partial charge in [0.05, 0.1) is 13.3 Å². The normalized spacial score (nSPS) is 19.4. The Bertz CT molecular complexity index is 814. The van der Waals surface area contributed by atoms with Crippen molar-refractivity contribution in [2.45, 2.75) is 37.8 Å². The molecule has 2 unspecified atom stereocenters. The van der Waals surface area contributed by atoms with E-state index in [1.165, 1.54) is 7.11 Å². The number of nitrogens with one attached hydrogen (secondary N) is 1. The highest BCUT2D eigenvalue weighted by Crippen LogP contribution is 2.27. The van der Waals surface area contributed by atoms with E-state index in [1.807, 2.05) is 11.9 Å². The van der Waals surface area contributed by atoms with E-state index < -0.39 is 5.91 Å². The Hall–Kier alpha value is -2.94. The maximum atomic E-state index is 11.8. The van der Waals surface area contributed by atoms with Gasteiger partial charge in [-0.15, -0.1) is 0 Å². The lowest BCUT2D eigenvalue weighted by atomic mass is 9.90. The number of nitrogens with two attached hydrogens (primary N) is 2. The zero-order valence-electron chi connectivity index (χ0n) is 15.6. The summed E-state index contributed by atoms with van der Waals surface area (Å²) in [5.74, 6) is 0.694. The number of pyridine rings is 1. The van der Waals surface area contributed by atoms with Crippen LogP contribution in [0, 0.1) is 0 Å². The molecule has 3 rings (SSSR count). The highest BCUT2D eigenvalue weighted by atomic mass is 16.5. The van der Waals surface area contributed by atoms with Gasteiger partial charge >= 0.3 is 0 Å². The third-order valence-corrected chi connectivity index (χ3v) is 4.84. The van der Waals surface area contributed by atoms with Gasteiger partial charge in [0, 0.05) is 37.1 Å². The minimum atomic E-state index is -0.658. The number of hydrogen-bond acceptors (Lipinski definition) is 8. The minimum absolute atomic E-state index is 0.0656. The molecule has 2 aromatic rings. The Labute approximate surface area is 158 Å². The summed E-state index contributed by atoms with van der Waals surface area (Å²) in [5, 5.41) is 3.09. The van der Waals surface area contributed by atoms with Crippen LogP contribution in [-0.2, 0) is 0 Å². The number of ether oxygens (including phenoxy) is 1. The molecular formula is C18H25N7O2. The molecule has 2 heterocycles. The minimum Gasteiger partial charge on any atom is -0.481 e. The fourth-order valence-electron chi connectivity index (χ4n) is 3.34. The zero-order chi connectivity index (χ0) is 19.4. The van der Waals surface area contributed by atoms with Crippen molar-refractivity contribution < 1.29 is 9.53 Å². The molecule has 2 atom stereocenters. The van der Waals surface area contributed by atoms with E-state index in [4.69, 9.17) is 16.2 Å². The summed E-state index contributed by atoms with van der Waals surface area (Å²) < 4.78 is 5.12. The number of aromatic nitrogens is 3. The van der Waals surface area contributed by atoms with Crippen molar-refractivity contribution in [3.8, 4) is 5.88 Å². The molecule has 0 bridgehead atoms. The number of likely N-dealkylation sites (N-methyl/N-ethyl adjacent to an activating group) is 1. The molecule has 1 aliphatic carbocycles. The lowest BCUT2D eigenvalue weighted by Crippen LogP contribution is -2.48. The van der Waals surface area contributed by atoms with Gasteiger partial charge in [-0.2, -0.15) is 0 Å². The van der Waals surface area contributed by atoms with Crippen LogP contribution in [0.1, 0.15) is 36.2 Å². The van der Waals surface area contributed by atoms with Crippen molar-refractivity contribution in [1.29, 1.82) is 0 Å². The first-order valence-electron chi connectivity index (χ1n) is 8.92. The van der Waals surface area contributed by atoms with E-state index in [2.05, 4.69) is 20.3 Å². The lowest BCUT2D eigenvalue weighted by Gasteiger charge is -2.36. The van der Waals surface area contributed by atoms with Crippen molar-refractivity contribution in [2.75, 3.05) is 24.4 Å². The van der Waals surface area contributed by atoms with Gasteiger partial charge in [0.1, 0.15) is 5.82 Å². The number of amides is 1. The third-order valence-electron chi connectivity index (χ3n) is 4.84. The molecule has 0 aliphatic heterocycles. The fourth-order valence-corrected chi connectivity index (χ4v) is 3.34. The average Bonchev–Trinajstić information content (AvgIpc) is 2.67. The Kier molecular flexibility index (Phi) is 5.70. The smallest absolute Gasteiger partial charge is 0.271 e. The molecule has 144 valence electrons. The second-order valence-electron chi connectivity index (χ2n) is 6.63. The first-order valence-corrected chi connectivity index (χ1v) is 8.92. The molecule has 9 nitrogen and oxygen atoms in total. The van der Waals surface area contributed by atoms with Gasteiger partial charge in [-0.3, -0.25) is 4.79 Å². The SMILES string of the molecule is COc1cc(Nc2nc(N(C)C3CCCCC3N)cnc2C(N)=O)ccn1. The Morgan fingerprint density at radius 2 is 2.11 bits per heavy atom. The molecule has 9 heteroatoms. The molecule has 0 aromatic carbocycles. The summed E-state index contributed by atoms with van der Waals surface area (Å²) >= 11 is 0. The van der Waals surface area contributed by atoms with Crippen molar-refractivity contribution >= 4 is 23.2 Å². The molecule has 1 amide bonds. The van der Waals surface area contributed by atoms with Crippen LogP contribution in [0.5, 0.6) is 5.88 Å². The van der Waals surface area contributed by atoms with Crippen LogP contribution in [0.3, 0.4) is 0 Å². The lowest BCUT2D eigenvalue weighted by molar-refractivity contribution is 0.0996. The van der Waals surface area contributed by atoms with Crippen LogP contribution in [0.2, 0.25) is 0 Å². The Morgan fingerprint density at radius 1 is 1.33 bits per heavy atom. The standard InChI is InChI=1S/C18H25N7O2/c1-25(13-6-4-3-5-12(13)19)14-10-22-16(17(20)26)18(24-14)23-11-7-8-21-15(9-11)27-2/h7-10,12-13H,3-6,19H2,1-2H3,(H2,20,26)(H,21,23,24). The summed E-state index contributed by atoms with van der Waals surface area (Å²) in [5.41, 5.74) is 12.5. The molecule has 2 aromatic heterocycles. The predicted octanol–water partition coefficient (Wildman–Crippen LogP) is 1.43. The summed E-state index contributed by atoms with van der Waals surface area (Å²) in [6.45, 7) is 0. The van der Waals surface area contributed by atoms with E-state index in [9.17, 15) is 4.79 Å². The molecule has 0 saturated heterocycles. The number of hydrogen-bond donors (Lipinski definition) is 3. The molecule has 1 aliphatic rings. The Morgan fingerprint density at radius 3 is 2.81 bits per heavy atom. The molecule has 0 spiro atoms. The van der Waals surface area contributed by atoms with Crippen LogP contribution >= 0.6 is 0 Å². The van der Waals surface area contributed by atoms with Crippen LogP contribution in [0.15, 0.2) is 24.5 Å². The van der Waals surface area contributed by atoms with Crippen molar-refractivity contribution in [1.82, 2.24) is 15.0 Å². The molecule has 5 N–H and O–H groups in total. The molecular weight excluding hydrogens is 346 g/mol. The van der Waals surface area contributed by atoms with E-state index in [1.54, 1.807) is 24.5 Å². The van der Waals surface area contributed by atoms with Crippen LogP contribution in [0.25, 0.3) is 0 Å². The predicted molar refractivity (Wildman–Crippen MR) is 103 cm³/mol. The van der Waals surface area contributed by atoms with Gasteiger partial charge in [-0.05, 0) is 18.9 Å². The van der Waals surface area contributed by atoms with Crippen LogP contribution < -0.4 is 26.4 Å². The topological polar surface area (TPSA) is 132 Å². The van der Waals surface area contributed by atoms with Crippen molar-refractivity contribution in [3.63, 3.8) is 0 Å². The van der Waals surface area contributed by atoms with E-state index in [0.29, 0.717) is 17.4 Å². The van der Waals surface area contributed by atoms with E-state index in [-0.39, 0.29) is 23.6 Å². The molecule has 1 saturated carbocycles. The largest absolute Gasteiger partial charge is 0.481 e. The number of carbonyl (C=O) groups excluding carboxylic acids is 1. The van der Waals surface area contributed by atoms with E-state index in [0.717, 1.165) is 25.7 Å². The summed E-state index contributed by atoms with van der Waals surface area (Å²) in [7, 11) is 3.48. The summed E-state index contributed by atoms with van der Waals surface area (Å²) in [6.07, 6.45) is 7.42. The number of carbonyl (C=O) groups is 1. The van der Waals surface area contributed by atoms with Gasteiger partial charge in [-0.25, -0.2) is 15.0 Å². The van der Waals surface area contributed by atoms with Gasteiger partial charge in [0.25, 0.3) is 5.91 Å². The highest BCUT2D eigenvalue weighted by Gasteiger charge is 2.27. The van der Waals surface area contributed by atoms with Gasteiger partial charge in [-0.1, -0.05) is 12.8 Å². The quantitative estimate of drug-likeness (QED) is 0.694. The van der Waals surface area contributed by atoms with Gasteiger partial charge in [0.2, 0.25) is 5.88 Å². The number of primary amides is 1. The fraction of sp³-hybridized carbons (Fsp3) is 0.444. The van der Waals surface area contributed by atoms with Gasteiger partial charge in [0.15, 0.2) is 11.5 Å². The number of anilines is 3. The number of nitrogens with zero attached hydrogens (tertiary/aromatic N) is 4. The summed E-state index contributed by atoms with van der Waals surface area (Å²) in [4.78, 5) is 26.7. The maximum Gasteiger partial charge on any atom is 0.271 e. The third kappa shape index (κ3) is 4.25. The second kappa shape index (κ2) is 8.17. The Balaban J connectivity index is 1.91. The molecule has 0 radical (unpaired) electrons. The molecule has 27 heavy (non-hydrogen) atoms. The van der Waals surface area contributed by atoms with Crippen LogP contribution in [-0.4, -0.2) is 47.1 Å². The van der Waals surface area contributed by atoms with Gasteiger partial charge < -0.3 is 26.4 Å². The number of rotatable bonds is 6. The zero-order valence-corrected chi connectivity index (χ0v) is 15.6. The number of methoxy groups -OCH3 is 1.